The Labute approximate surface area is 87.9 Å². The van der Waals surface area contributed by atoms with E-state index in [0.29, 0.717) is 4.83 Å². The number of nitrogens with zero attached hydrogens (tertiary/aromatic N) is 2. The SMILES string of the molecule is CCc1cc(CC(C)Br)nc(C)n1. The molecule has 0 bridgehead atoms. The number of halogens is 1. The second kappa shape index (κ2) is 4.70. The Balaban J connectivity index is 2.88. The van der Waals surface area contributed by atoms with E-state index in [9.17, 15) is 0 Å². The van der Waals surface area contributed by atoms with E-state index >= 15 is 0 Å². The normalized spacial score (nSPS) is 12.9. The third-order valence-corrected chi connectivity index (χ3v) is 2.12. The molecule has 0 fully saturated rings. The van der Waals surface area contributed by atoms with Crippen molar-refractivity contribution in [1.29, 1.82) is 0 Å². The van der Waals surface area contributed by atoms with Crippen molar-refractivity contribution in [1.82, 2.24) is 9.97 Å². The van der Waals surface area contributed by atoms with Crippen LogP contribution in [0.25, 0.3) is 0 Å². The number of aromatic nitrogens is 2. The van der Waals surface area contributed by atoms with Crippen LogP contribution < -0.4 is 0 Å². The smallest absolute Gasteiger partial charge is 0.125 e. The first-order valence-corrected chi connectivity index (χ1v) is 5.51. The second-order valence-corrected chi connectivity index (χ2v) is 4.80. The van der Waals surface area contributed by atoms with E-state index in [-0.39, 0.29) is 0 Å². The van der Waals surface area contributed by atoms with Crippen LogP contribution in [0.5, 0.6) is 0 Å². The van der Waals surface area contributed by atoms with Gasteiger partial charge < -0.3 is 0 Å². The molecule has 0 aromatic carbocycles. The molecule has 0 spiro atoms. The molecule has 0 N–H and O–H groups in total. The van der Waals surface area contributed by atoms with Crippen LogP contribution >= 0.6 is 15.9 Å². The fraction of sp³-hybridized carbons (Fsp3) is 0.600. The molecule has 0 aliphatic carbocycles. The van der Waals surface area contributed by atoms with Gasteiger partial charge in [0.1, 0.15) is 5.82 Å². The molecule has 0 aliphatic rings. The standard InChI is InChI=1S/C10H15BrN2/c1-4-9-6-10(5-7(2)11)13-8(3)12-9/h6-7H,4-5H2,1-3H3. The van der Waals surface area contributed by atoms with E-state index in [1.807, 2.05) is 6.92 Å². The van der Waals surface area contributed by atoms with Crippen LogP contribution in [0.4, 0.5) is 0 Å². The van der Waals surface area contributed by atoms with E-state index in [0.717, 1.165) is 30.1 Å². The molecule has 0 aliphatic heterocycles. The molecule has 1 atom stereocenters. The number of hydrogen-bond acceptors (Lipinski definition) is 2. The van der Waals surface area contributed by atoms with Gasteiger partial charge in [-0.3, -0.25) is 0 Å². The van der Waals surface area contributed by atoms with E-state index in [1.165, 1.54) is 0 Å². The van der Waals surface area contributed by atoms with Crippen molar-refractivity contribution in [3.63, 3.8) is 0 Å². The zero-order valence-electron chi connectivity index (χ0n) is 8.34. The van der Waals surface area contributed by atoms with Gasteiger partial charge in [-0.05, 0) is 19.4 Å². The van der Waals surface area contributed by atoms with Crippen LogP contribution in [0.15, 0.2) is 6.07 Å². The molecule has 13 heavy (non-hydrogen) atoms. The van der Waals surface area contributed by atoms with Crippen LogP contribution in [-0.4, -0.2) is 14.8 Å². The molecular weight excluding hydrogens is 228 g/mol. The van der Waals surface area contributed by atoms with Crippen molar-refractivity contribution >= 4 is 15.9 Å². The highest BCUT2D eigenvalue weighted by Gasteiger charge is 2.03. The summed E-state index contributed by atoms with van der Waals surface area (Å²) in [7, 11) is 0. The van der Waals surface area contributed by atoms with Gasteiger partial charge in [-0.25, -0.2) is 9.97 Å². The fourth-order valence-corrected chi connectivity index (χ4v) is 1.60. The summed E-state index contributed by atoms with van der Waals surface area (Å²) in [4.78, 5) is 9.19. The lowest BCUT2D eigenvalue weighted by Gasteiger charge is -2.05. The quantitative estimate of drug-likeness (QED) is 0.763. The van der Waals surface area contributed by atoms with E-state index in [1.54, 1.807) is 0 Å². The van der Waals surface area contributed by atoms with Crippen LogP contribution in [0, 0.1) is 6.92 Å². The first-order chi connectivity index (χ1) is 6.11. The molecule has 1 heterocycles. The summed E-state index contributed by atoms with van der Waals surface area (Å²) in [5.74, 6) is 0.877. The fourth-order valence-electron chi connectivity index (χ4n) is 1.27. The molecule has 72 valence electrons. The van der Waals surface area contributed by atoms with Gasteiger partial charge in [0.2, 0.25) is 0 Å². The molecule has 1 rings (SSSR count). The van der Waals surface area contributed by atoms with Gasteiger partial charge in [0.15, 0.2) is 0 Å². The monoisotopic (exact) mass is 242 g/mol. The largest absolute Gasteiger partial charge is 0.238 e. The van der Waals surface area contributed by atoms with E-state index in [2.05, 4.69) is 45.8 Å². The third kappa shape index (κ3) is 3.43. The highest BCUT2D eigenvalue weighted by Crippen LogP contribution is 2.09. The molecule has 3 heteroatoms. The van der Waals surface area contributed by atoms with Gasteiger partial charge in [-0.1, -0.05) is 29.8 Å². The first-order valence-electron chi connectivity index (χ1n) is 4.59. The minimum Gasteiger partial charge on any atom is -0.238 e. The van der Waals surface area contributed by atoms with Gasteiger partial charge in [-0.15, -0.1) is 0 Å². The zero-order chi connectivity index (χ0) is 9.84. The van der Waals surface area contributed by atoms with Crippen LogP contribution in [-0.2, 0) is 12.8 Å². The summed E-state index contributed by atoms with van der Waals surface area (Å²) in [6.45, 7) is 6.19. The summed E-state index contributed by atoms with van der Waals surface area (Å²) < 4.78 is 0. The van der Waals surface area contributed by atoms with Crippen molar-refractivity contribution in [2.75, 3.05) is 0 Å². The summed E-state index contributed by atoms with van der Waals surface area (Å²) in [6, 6.07) is 2.09. The highest BCUT2D eigenvalue weighted by atomic mass is 79.9. The topological polar surface area (TPSA) is 25.8 Å². The predicted octanol–water partition coefficient (Wildman–Crippen LogP) is 2.67. The van der Waals surface area contributed by atoms with Gasteiger partial charge >= 0.3 is 0 Å². The Morgan fingerprint density at radius 1 is 1.38 bits per heavy atom. The minimum atomic E-state index is 0.478. The number of alkyl halides is 1. The van der Waals surface area contributed by atoms with Crippen LogP contribution in [0.2, 0.25) is 0 Å². The molecule has 1 aromatic heterocycles. The number of rotatable bonds is 3. The molecule has 0 saturated carbocycles. The first kappa shape index (κ1) is 10.6. The maximum absolute atomic E-state index is 4.38. The maximum Gasteiger partial charge on any atom is 0.125 e. The Bertz CT molecular complexity index is 284. The summed E-state index contributed by atoms with van der Waals surface area (Å²) in [5, 5.41) is 0. The second-order valence-electron chi connectivity index (χ2n) is 3.24. The molecule has 0 radical (unpaired) electrons. The lowest BCUT2D eigenvalue weighted by Crippen LogP contribution is -2.04. The lowest BCUT2D eigenvalue weighted by atomic mass is 10.2. The van der Waals surface area contributed by atoms with Crippen molar-refractivity contribution < 1.29 is 0 Å². The minimum absolute atomic E-state index is 0.478. The Morgan fingerprint density at radius 3 is 2.54 bits per heavy atom. The zero-order valence-corrected chi connectivity index (χ0v) is 9.93. The lowest BCUT2D eigenvalue weighted by molar-refractivity contribution is 0.853. The molecule has 1 unspecified atom stereocenters. The van der Waals surface area contributed by atoms with Crippen molar-refractivity contribution in [2.45, 2.75) is 38.4 Å². The Kier molecular flexibility index (Phi) is 3.85. The van der Waals surface area contributed by atoms with Crippen LogP contribution in [0.1, 0.15) is 31.1 Å². The van der Waals surface area contributed by atoms with Crippen molar-refractivity contribution in [3.05, 3.63) is 23.3 Å². The van der Waals surface area contributed by atoms with Gasteiger partial charge in [0.05, 0.1) is 0 Å². The van der Waals surface area contributed by atoms with Gasteiger partial charge in [0, 0.05) is 22.6 Å². The predicted molar refractivity (Wildman–Crippen MR) is 58.2 cm³/mol. The van der Waals surface area contributed by atoms with Gasteiger partial charge in [-0.2, -0.15) is 0 Å². The molecular formula is C10H15BrN2. The summed E-state index contributed by atoms with van der Waals surface area (Å²) >= 11 is 3.52. The molecule has 0 saturated heterocycles. The number of aryl methyl sites for hydroxylation is 2. The van der Waals surface area contributed by atoms with E-state index in [4.69, 9.17) is 0 Å². The average molecular weight is 243 g/mol. The summed E-state index contributed by atoms with van der Waals surface area (Å²) in [6.07, 6.45) is 1.95. The summed E-state index contributed by atoms with van der Waals surface area (Å²) in [5.41, 5.74) is 2.27. The molecule has 0 amide bonds. The third-order valence-electron chi connectivity index (χ3n) is 1.80. The molecule has 2 nitrogen and oxygen atoms in total. The average Bonchev–Trinajstić information content (AvgIpc) is 2.01. The van der Waals surface area contributed by atoms with Crippen molar-refractivity contribution in [2.24, 2.45) is 0 Å². The molecule has 1 aromatic rings. The Morgan fingerprint density at radius 2 is 2.00 bits per heavy atom. The van der Waals surface area contributed by atoms with E-state index < -0.39 is 0 Å². The Hall–Kier alpha value is -0.440. The number of hydrogen-bond donors (Lipinski definition) is 0. The maximum atomic E-state index is 4.38. The van der Waals surface area contributed by atoms with Crippen molar-refractivity contribution in [3.8, 4) is 0 Å². The van der Waals surface area contributed by atoms with Crippen LogP contribution in [0.3, 0.4) is 0 Å². The van der Waals surface area contributed by atoms with Gasteiger partial charge in [0.25, 0.3) is 0 Å². The highest BCUT2D eigenvalue weighted by molar-refractivity contribution is 9.09.